The van der Waals surface area contributed by atoms with Crippen LogP contribution in [0.25, 0.3) is 39.6 Å². The van der Waals surface area contributed by atoms with Crippen molar-refractivity contribution in [2.45, 2.75) is 6.92 Å². The van der Waals surface area contributed by atoms with Gasteiger partial charge in [-0.05, 0) is 31.2 Å². The molecule has 3 nitrogen and oxygen atoms in total. The summed E-state index contributed by atoms with van der Waals surface area (Å²) in [5.41, 5.74) is 7.42. The third-order valence-corrected chi connectivity index (χ3v) is 5.61. The Balaban J connectivity index is 1.90. The van der Waals surface area contributed by atoms with Gasteiger partial charge in [0.15, 0.2) is 0 Å². The Morgan fingerprint density at radius 3 is 1.91 bits per heavy atom. The van der Waals surface area contributed by atoms with Crippen LogP contribution in [0.15, 0.2) is 109 Å². The molecule has 0 aliphatic rings. The number of nitrogens with zero attached hydrogens (tertiary/aromatic N) is 2. The molecule has 0 N–H and O–H groups in total. The highest BCUT2D eigenvalue weighted by molar-refractivity contribution is 5.85. The lowest BCUT2D eigenvalue weighted by Gasteiger charge is -2.15. The quantitative estimate of drug-likeness (QED) is 0.303. The van der Waals surface area contributed by atoms with Gasteiger partial charge in [0.05, 0.1) is 24.1 Å². The molecule has 5 aromatic rings. The number of rotatable bonds is 5. The Morgan fingerprint density at radius 1 is 0.656 bits per heavy atom. The van der Waals surface area contributed by atoms with Crippen molar-refractivity contribution in [1.82, 2.24) is 9.55 Å². The van der Waals surface area contributed by atoms with Crippen molar-refractivity contribution in [2.75, 3.05) is 7.11 Å². The smallest absolute Gasteiger partial charge is 0.149 e. The lowest BCUT2D eigenvalue weighted by atomic mass is 10.0. The topological polar surface area (TPSA) is 27.1 Å². The maximum atomic E-state index is 5.72. The fourth-order valence-electron chi connectivity index (χ4n) is 4.04. The van der Waals surface area contributed by atoms with Crippen molar-refractivity contribution in [3.05, 3.63) is 115 Å². The van der Waals surface area contributed by atoms with Crippen LogP contribution < -0.4 is 4.74 Å². The molecule has 3 heteroatoms. The number of aromatic nitrogens is 2. The molecule has 0 spiro atoms. The predicted molar refractivity (Wildman–Crippen MR) is 131 cm³/mol. The van der Waals surface area contributed by atoms with Gasteiger partial charge >= 0.3 is 0 Å². The summed E-state index contributed by atoms with van der Waals surface area (Å²) in [7, 11) is 1.70. The van der Waals surface area contributed by atoms with Crippen LogP contribution in [-0.2, 0) is 0 Å². The summed E-state index contributed by atoms with van der Waals surface area (Å²) >= 11 is 0. The van der Waals surface area contributed by atoms with Crippen LogP contribution in [-0.4, -0.2) is 16.7 Å². The minimum absolute atomic E-state index is 0.796. The Bertz CT molecular complexity index is 1340. The van der Waals surface area contributed by atoms with Gasteiger partial charge in [-0.3, -0.25) is 4.57 Å². The third kappa shape index (κ3) is 3.58. The SMILES string of the molecule is COc1ccccc1-c1nc(-c2ccccc2)c(-c2ccccc2)n1-c1ccc(C)cc1. The molecular formula is C29H24N2O. The van der Waals surface area contributed by atoms with Crippen LogP contribution in [0.3, 0.4) is 0 Å². The monoisotopic (exact) mass is 416 g/mol. The van der Waals surface area contributed by atoms with Crippen molar-refractivity contribution in [2.24, 2.45) is 0 Å². The maximum Gasteiger partial charge on any atom is 0.149 e. The van der Waals surface area contributed by atoms with Gasteiger partial charge in [0.2, 0.25) is 0 Å². The van der Waals surface area contributed by atoms with Crippen LogP contribution in [0.4, 0.5) is 0 Å². The number of benzene rings is 4. The van der Waals surface area contributed by atoms with Gasteiger partial charge in [-0.2, -0.15) is 0 Å². The van der Waals surface area contributed by atoms with E-state index in [0.29, 0.717) is 0 Å². The van der Waals surface area contributed by atoms with E-state index in [-0.39, 0.29) is 0 Å². The van der Waals surface area contributed by atoms with Gasteiger partial charge in [0, 0.05) is 16.8 Å². The van der Waals surface area contributed by atoms with E-state index >= 15 is 0 Å². The molecule has 0 saturated heterocycles. The van der Waals surface area contributed by atoms with Gasteiger partial charge in [0.1, 0.15) is 11.6 Å². The lowest BCUT2D eigenvalue weighted by molar-refractivity contribution is 0.416. The van der Waals surface area contributed by atoms with Crippen molar-refractivity contribution in [3.63, 3.8) is 0 Å². The molecule has 1 aromatic heterocycles. The van der Waals surface area contributed by atoms with Crippen LogP contribution in [0.1, 0.15) is 5.56 Å². The number of imidazole rings is 1. The predicted octanol–water partition coefficient (Wildman–Crippen LogP) is 7.19. The first-order valence-electron chi connectivity index (χ1n) is 10.7. The van der Waals surface area contributed by atoms with Gasteiger partial charge in [-0.1, -0.05) is 90.5 Å². The van der Waals surface area contributed by atoms with Crippen molar-refractivity contribution < 1.29 is 4.74 Å². The van der Waals surface area contributed by atoms with Gasteiger partial charge in [-0.15, -0.1) is 0 Å². The summed E-state index contributed by atoms with van der Waals surface area (Å²) in [5, 5.41) is 0. The first-order chi connectivity index (χ1) is 15.8. The molecule has 0 aliphatic heterocycles. The lowest BCUT2D eigenvalue weighted by Crippen LogP contribution is -2.01. The molecule has 0 fully saturated rings. The maximum absolute atomic E-state index is 5.72. The standard InChI is InChI=1S/C29H24N2O/c1-21-17-19-24(20-18-21)31-28(23-13-7-4-8-14-23)27(22-11-5-3-6-12-22)30-29(31)25-15-9-10-16-26(25)32-2/h3-20H,1-2H3. The fourth-order valence-corrected chi connectivity index (χ4v) is 4.04. The molecule has 0 atom stereocenters. The summed E-state index contributed by atoms with van der Waals surface area (Å²) in [6, 6.07) is 37.4. The van der Waals surface area contributed by atoms with Gasteiger partial charge in [-0.25, -0.2) is 4.98 Å². The largest absolute Gasteiger partial charge is 0.496 e. The summed E-state index contributed by atoms with van der Waals surface area (Å²) in [4.78, 5) is 5.22. The summed E-state index contributed by atoms with van der Waals surface area (Å²) in [5.74, 6) is 1.65. The van der Waals surface area contributed by atoms with E-state index in [1.54, 1.807) is 7.11 Å². The van der Waals surface area contributed by atoms with Crippen LogP contribution in [0.2, 0.25) is 0 Å². The van der Waals surface area contributed by atoms with Gasteiger partial charge < -0.3 is 4.74 Å². The Labute approximate surface area is 188 Å². The molecule has 156 valence electrons. The normalized spacial score (nSPS) is 10.8. The average molecular weight is 417 g/mol. The Hall–Kier alpha value is -4.11. The van der Waals surface area contributed by atoms with E-state index in [0.717, 1.165) is 45.3 Å². The number of hydrogen-bond donors (Lipinski definition) is 0. The molecule has 5 rings (SSSR count). The molecule has 32 heavy (non-hydrogen) atoms. The molecule has 0 amide bonds. The number of hydrogen-bond acceptors (Lipinski definition) is 2. The summed E-state index contributed by atoms with van der Waals surface area (Å²) in [6.45, 7) is 2.10. The minimum Gasteiger partial charge on any atom is -0.496 e. The summed E-state index contributed by atoms with van der Waals surface area (Å²) < 4.78 is 7.96. The average Bonchev–Trinajstić information content (AvgIpc) is 3.26. The highest BCUT2D eigenvalue weighted by atomic mass is 16.5. The van der Waals surface area contributed by atoms with Crippen LogP contribution in [0, 0.1) is 6.92 Å². The van der Waals surface area contributed by atoms with Crippen molar-refractivity contribution in [3.8, 4) is 45.3 Å². The van der Waals surface area contributed by atoms with E-state index < -0.39 is 0 Å². The Kier molecular flexibility index (Phi) is 5.30. The van der Waals surface area contributed by atoms with Crippen LogP contribution >= 0.6 is 0 Å². The third-order valence-electron chi connectivity index (χ3n) is 5.61. The van der Waals surface area contributed by atoms with E-state index in [1.165, 1.54) is 5.56 Å². The second-order valence-electron chi connectivity index (χ2n) is 7.74. The molecule has 4 aromatic carbocycles. The zero-order valence-electron chi connectivity index (χ0n) is 18.2. The van der Waals surface area contributed by atoms with E-state index in [1.807, 2.05) is 30.3 Å². The first-order valence-corrected chi connectivity index (χ1v) is 10.7. The minimum atomic E-state index is 0.796. The molecule has 1 heterocycles. The van der Waals surface area contributed by atoms with Crippen molar-refractivity contribution in [1.29, 1.82) is 0 Å². The van der Waals surface area contributed by atoms with E-state index in [2.05, 4.69) is 90.4 Å². The van der Waals surface area contributed by atoms with E-state index in [4.69, 9.17) is 9.72 Å². The molecule has 0 unspecified atom stereocenters. The molecule has 0 bridgehead atoms. The fraction of sp³-hybridized carbons (Fsp3) is 0.0690. The zero-order chi connectivity index (χ0) is 21.9. The number of para-hydroxylation sites is 1. The second kappa shape index (κ2) is 8.56. The number of methoxy groups -OCH3 is 1. The van der Waals surface area contributed by atoms with Gasteiger partial charge in [0.25, 0.3) is 0 Å². The highest BCUT2D eigenvalue weighted by Crippen LogP contribution is 2.40. The Morgan fingerprint density at radius 2 is 1.25 bits per heavy atom. The number of aryl methyl sites for hydroxylation is 1. The molecular weight excluding hydrogens is 392 g/mol. The first kappa shape index (κ1) is 19.8. The zero-order valence-corrected chi connectivity index (χ0v) is 18.2. The van der Waals surface area contributed by atoms with Crippen LogP contribution in [0.5, 0.6) is 5.75 Å². The highest BCUT2D eigenvalue weighted by Gasteiger charge is 2.23. The number of ether oxygens (including phenoxy) is 1. The van der Waals surface area contributed by atoms with Crippen molar-refractivity contribution >= 4 is 0 Å². The molecule has 0 aliphatic carbocycles. The van der Waals surface area contributed by atoms with E-state index in [9.17, 15) is 0 Å². The molecule has 0 radical (unpaired) electrons. The second-order valence-corrected chi connectivity index (χ2v) is 7.74. The summed E-state index contributed by atoms with van der Waals surface area (Å²) in [6.07, 6.45) is 0. The molecule has 0 saturated carbocycles.